The Labute approximate surface area is 141 Å². The summed E-state index contributed by atoms with van der Waals surface area (Å²) in [6.07, 6.45) is 4.36. The van der Waals surface area contributed by atoms with E-state index >= 15 is 0 Å². The Morgan fingerprint density at radius 1 is 1.26 bits per heavy atom. The molecule has 5 heteroatoms. The van der Waals surface area contributed by atoms with E-state index in [0.717, 1.165) is 38.9 Å². The van der Waals surface area contributed by atoms with Gasteiger partial charge in [0.05, 0.1) is 5.75 Å². The number of rotatable bonds is 7. The molecule has 1 aromatic rings. The second kappa shape index (κ2) is 8.27. The number of hydrogen-bond donors (Lipinski definition) is 0. The predicted molar refractivity (Wildman–Crippen MR) is 96.3 cm³/mol. The highest BCUT2D eigenvalue weighted by atomic mass is 32.2. The van der Waals surface area contributed by atoms with E-state index in [2.05, 4.69) is 54.1 Å². The van der Waals surface area contributed by atoms with Crippen molar-refractivity contribution in [3.8, 4) is 0 Å². The van der Waals surface area contributed by atoms with E-state index in [1.807, 2.05) is 0 Å². The van der Waals surface area contributed by atoms with E-state index in [4.69, 9.17) is 0 Å². The van der Waals surface area contributed by atoms with Gasteiger partial charge in [-0.2, -0.15) is 0 Å². The Hall–Kier alpha value is -0.910. The van der Waals surface area contributed by atoms with Crippen LogP contribution in [0.15, 0.2) is 30.3 Å². The molecular formula is C18H30N2O2S. The Bertz CT molecular complexity index is 574. The molecule has 0 aliphatic carbocycles. The van der Waals surface area contributed by atoms with Crippen LogP contribution in [0.5, 0.6) is 0 Å². The zero-order valence-corrected chi connectivity index (χ0v) is 15.4. The molecule has 2 atom stereocenters. The van der Waals surface area contributed by atoms with E-state index in [1.165, 1.54) is 11.8 Å². The van der Waals surface area contributed by atoms with Crippen molar-refractivity contribution in [2.75, 3.05) is 32.1 Å². The van der Waals surface area contributed by atoms with Gasteiger partial charge < -0.3 is 4.90 Å². The van der Waals surface area contributed by atoms with Crippen LogP contribution < -0.4 is 0 Å². The monoisotopic (exact) mass is 338 g/mol. The average Bonchev–Trinajstić information content (AvgIpc) is 2.49. The number of piperidine rings is 1. The lowest BCUT2D eigenvalue weighted by Gasteiger charge is -2.41. The molecule has 130 valence electrons. The van der Waals surface area contributed by atoms with E-state index in [1.54, 1.807) is 0 Å². The lowest BCUT2D eigenvalue weighted by atomic mass is 9.96. The lowest BCUT2D eigenvalue weighted by Crippen LogP contribution is -2.47. The maximum atomic E-state index is 11.2. The first-order valence-corrected chi connectivity index (χ1v) is 10.6. The number of nitrogens with zero attached hydrogens (tertiary/aromatic N) is 2. The maximum Gasteiger partial charge on any atom is 0.147 e. The van der Waals surface area contributed by atoms with Crippen LogP contribution >= 0.6 is 0 Å². The van der Waals surface area contributed by atoms with Gasteiger partial charge in [-0.05, 0) is 45.3 Å². The van der Waals surface area contributed by atoms with Gasteiger partial charge in [0.25, 0.3) is 0 Å². The van der Waals surface area contributed by atoms with Crippen molar-refractivity contribution in [1.29, 1.82) is 0 Å². The normalized spacial score (nSPS) is 23.3. The van der Waals surface area contributed by atoms with Gasteiger partial charge in [-0.15, -0.1) is 0 Å². The van der Waals surface area contributed by atoms with Crippen LogP contribution in [0.25, 0.3) is 0 Å². The minimum Gasteiger partial charge on any atom is -0.303 e. The molecule has 0 bridgehead atoms. The summed E-state index contributed by atoms with van der Waals surface area (Å²) in [5.41, 5.74) is 1.37. The third-order valence-electron chi connectivity index (χ3n) is 4.86. The smallest absolute Gasteiger partial charge is 0.147 e. The first-order chi connectivity index (χ1) is 10.8. The fourth-order valence-corrected chi connectivity index (χ4v) is 4.06. The van der Waals surface area contributed by atoms with Crippen molar-refractivity contribution in [3.63, 3.8) is 0 Å². The molecule has 1 aliphatic rings. The van der Waals surface area contributed by atoms with Crippen molar-refractivity contribution >= 4 is 9.84 Å². The van der Waals surface area contributed by atoms with Crippen molar-refractivity contribution in [2.24, 2.45) is 0 Å². The SMILES string of the molecule is CC1CC(N(C)CCCS(C)(=O)=O)CCN1Cc1ccccc1. The summed E-state index contributed by atoms with van der Waals surface area (Å²) >= 11 is 0. The molecule has 1 saturated heterocycles. The van der Waals surface area contributed by atoms with Crippen molar-refractivity contribution < 1.29 is 8.42 Å². The van der Waals surface area contributed by atoms with E-state index in [9.17, 15) is 8.42 Å². The van der Waals surface area contributed by atoms with Crippen molar-refractivity contribution in [2.45, 2.75) is 44.8 Å². The number of benzene rings is 1. The highest BCUT2D eigenvalue weighted by Gasteiger charge is 2.27. The summed E-state index contributed by atoms with van der Waals surface area (Å²) < 4.78 is 22.5. The standard InChI is InChI=1S/C18H30N2O2S/c1-16-14-18(19(2)11-7-13-23(3,21)22)10-12-20(16)15-17-8-5-4-6-9-17/h4-6,8-9,16,18H,7,10-15H2,1-3H3. The molecule has 1 fully saturated rings. The fraction of sp³-hybridized carbons (Fsp3) is 0.667. The van der Waals surface area contributed by atoms with Crippen LogP contribution in [0.3, 0.4) is 0 Å². The van der Waals surface area contributed by atoms with Gasteiger partial charge in [-0.25, -0.2) is 8.42 Å². The molecule has 23 heavy (non-hydrogen) atoms. The molecule has 0 aromatic heterocycles. The fourth-order valence-electron chi connectivity index (χ4n) is 3.41. The zero-order valence-electron chi connectivity index (χ0n) is 14.6. The van der Waals surface area contributed by atoms with E-state index in [-0.39, 0.29) is 0 Å². The third kappa shape index (κ3) is 6.24. The minimum absolute atomic E-state index is 0.291. The van der Waals surface area contributed by atoms with Crippen LogP contribution in [0.2, 0.25) is 0 Å². The molecule has 0 radical (unpaired) electrons. The summed E-state index contributed by atoms with van der Waals surface area (Å²) in [6.45, 7) is 5.30. The highest BCUT2D eigenvalue weighted by molar-refractivity contribution is 7.90. The molecule has 4 nitrogen and oxygen atoms in total. The lowest BCUT2D eigenvalue weighted by molar-refractivity contribution is 0.0805. The summed E-state index contributed by atoms with van der Waals surface area (Å²) in [5, 5.41) is 0. The van der Waals surface area contributed by atoms with Crippen molar-refractivity contribution in [1.82, 2.24) is 9.80 Å². The number of hydrogen-bond acceptors (Lipinski definition) is 4. The molecule has 0 saturated carbocycles. The Kier molecular flexibility index (Phi) is 6.62. The van der Waals surface area contributed by atoms with Crippen LogP contribution in [0.4, 0.5) is 0 Å². The Morgan fingerprint density at radius 2 is 1.96 bits per heavy atom. The molecule has 1 heterocycles. The summed E-state index contributed by atoms with van der Waals surface area (Å²) in [7, 11) is -0.708. The molecule has 2 unspecified atom stereocenters. The second-order valence-corrected chi connectivity index (χ2v) is 9.21. The van der Waals surface area contributed by atoms with Crippen molar-refractivity contribution in [3.05, 3.63) is 35.9 Å². The Morgan fingerprint density at radius 3 is 2.57 bits per heavy atom. The van der Waals surface area contributed by atoms with Gasteiger partial charge in [0.1, 0.15) is 9.84 Å². The predicted octanol–water partition coefficient (Wildman–Crippen LogP) is 2.41. The summed E-state index contributed by atoms with van der Waals surface area (Å²) in [5.74, 6) is 0.291. The molecule has 0 amide bonds. The van der Waals surface area contributed by atoms with Crippen LogP contribution in [-0.2, 0) is 16.4 Å². The number of likely N-dealkylation sites (tertiary alicyclic amines) is 1. The summed E-state index contributed by atoms with van der Waals surface area (Å²) in [4.78, 5) is 4.90. The third-order valence-corrected chi connectivity index (χ3v) is 5.89. The quantitative estimate of drug-likeness (QED) is 0.765. The van der Waals surface area contributed by atoms with E-state index < -0.39 is 9.84 Å². The minimum atomic E-state index is -2.84. The number of sulfone groups is 1. The topological polar surface area (TPSA) is 40.6 Å². The molecule has 0 N–H and O–H groups in total. The van der Waals surface area contributed by atoms with Gasteiger partial charge in [0, 0.05) is 31.4 Å². The van der Waals surface area contributed by atoms with Gasteiger partial charge in [-0.1, -0.05) is 30.3 Å². The molecular weight excluding hydrogens is 308 g/mol. The molecule has 2 rings (SSSR count). The Balaban J connectivity index is 1.78. The largest absolute Gasteiger partial charge is 0.303 e. The van der Waals surface area contributed by atoms with E-state index in [0.29, 0.717) is 17.8 Å². The van der Waals surface area contributed by atoms with Gasteiger partial charge >= 0.3 is 0 Å². The zero-order chi connectivity index (χ0) is 16.9. The maximum absolute atomic E-state index is 11.2. The van der Waals surface area contributed by atoms with Crippen LogP contribution in [0.1, 0.15) is 31.7 Å². The molecule has 1 aromatic carbocycles. The summed E-state index contributed by atoms with van der Waals surface area (Å²) in [6, 6.07) is 11.8. The first-order valence-electron chi connectivity index (χ1n) is 8.51. The van der Waals surface area contributed by atoms with Gasteiger partial charge in [0.15, 0.2) is 0 Å². The van der Waals surface area contributed by atoms with Crippen LogP contribution in [0, 0.1) is 0 Å². The highest BCUT2D eigenvalue weighted by Crippen LogP contribution is 2.23. The average molecular weight is 339 g/mol. The second-order valence-electron chi connectivity index (χ2n) is 6.95. The van der Waals surface area contributed by atoms with Gasteiger partial charge in [-0.3, -0.25) is 4.90 Å². The van der Waals surface area contributed by atoms with Crippen LogP contribution in [-0.4, -0.2) is 62.4 Å². The molecule has 1 aliphatic heterocycles. The molecule has 0 spiro atoms. The van der Waals surface area contributed by atoms with Gasteiger partial charge in [0.2, 0.25) is 0 Å². The first kappa shape index (κ1) is 18.4.